The predicted octanol–water partition coefficient (Wildman–Crippen LogP) is 12.7. The summed E-state index contributed by atoms with van der Waals surface area (Å²) in [6.07, 6.45) is 0. The fraction of sp³-hybridized carbons (Fsp3) is 0. The molecule has 0 atom stereocenters. The van der Waals surface area contributed by atoms with Gasteiger partial charge in [0.15, 0.2) is 0 Å². The van der Waals surface area contributed by atoms with Crippen LogP contribution in [0.2, 0.25) is 0 Å². The van der Waals surface area contributed by atoms with E-state index in [2.05, 4.69) is 169 Å². The van der Waals surface area contributed by atoms with E-state index in [1.54, 1.807) is 0 Å². The van der Waals surface area contributed by atoms with Crippen molar-refractivity contribution in [2.75, 3.05) is 4.90 Å². The molecule has 0 fully saturated rings. The van der Waals surface area contributed by atoms with Gasteiger partial charge < -0.3 is 9.32 Å². The van der Waals surface area contributed by atoms with Crippen molar-refractivity contribution in [1.82, 2.24) is 0 Å². The molecule has 0 N–H and O–H groups in total. The van der Waals surface area contributed by atoms with Gasteiger partial charge in [0.1, 0.15) is 11.2 Å². The van der Waals surface area contributed by atoms with Crippen molar-refractivity contribution >= 4 is 60.5 Å². The number of benzene rings is 8. The molecule has 0 saturated carbocycles. The van der Waals surface area contributed by atoms with Crippen LogP contribution < -0.4 is 4.90 Å². The van der Waals surface area contributed by atoms with Crippen molar-refractivity contribution < 1.29 is 4.42 Å². The van der Waals surface area contributed by atoms with Gasteiger partial charge in [-0.15, -0.1) is 0 Å². The lowest BCUT2D eigenvalue weighted by molar-refractivity contribution is 0.669. The number of hydrogen-bond donors (Lipinski definition) is 0. The third-order valence-electron chi connectivity index (χ3n) is 9.04. The zero-order chi connectivity index (χ0) is 30.5. The van der Waals surface area contributed by atoms with Crippen LogP contribution in [-0.2, 0) is 0 Å². The Morgan fingerprint density at radius 2 is 0.913 bits per heavy atom. The monoisotopic (exact) mass is 587 g/mol. The summed E-state index contributed by atoms with van der Waals surface area (Å²) in [6.45, 7) is 0. The fourth-order valence-corrected chi connectivity index (χ4v) is 6.73. The number of anilines is 3. The van der Waals surface area contributed by atoms with Crippen LogP contribution in [0.1, 0.15) is 0 Å². The third-order valence-corrected chi connectivity index (χ3v) is 9.04. The average Bonchev–Trinajstić information content (AvgIpc) is 3.52. The van der Waals surface area contributed by atoms with Gasteiger partial charge in [0.25, 0.3) is 0 Å². The normalized spacial score (nSPS) is 11.5. The van der Waals surface area contributed by atoms with E-state index in [0.717, 1.165) is 39.0 Å². The molecule has 2 heteroatoms. The number of para-hydroxylation sites is 1. The molecule has 9 aromatic rings. The van der Waals surface area contributed by atoms with Gasteiger partial charge in [0.2, 0.25) is 0 Å². The summed E-state index contributed by atoms with van der Waals surface area (Å²) in [4.78, 5) is 2.34. The van der Waals surface area contributed by atoms with E-state index in [9.17, 15) is 0 Å². The summed E-state index contributed by atoms with van der Waals surface area (Å²) in [5.74, 6) is 0. The van der Waals surface area contributed by atoms with Crippen LogP contribution in [0.25, 0.3) is 65.7 Å². The molecule has 0 radical (unpaired) electrons. The summed E-state index contributed by atoms with van der Waals surface area (Å²) in [6, 6.07) is 62.8. The van der Waals surface area contributed by atoms with Gasteiger partial charge in [-0.3, -0.25) is 0 Å². The second-order valence-corrected chi connectivity index (χ2v) is 11.8. The largest absolute Gasteiger partial charge is 0.456 e. The SMILES string of the molecule is c1ccc(-c2ccc(N(c3ccc(-c4ccc5ccccc5c4)cc3)c3ccc4c(ccc5oc6ccccc6c54)c3)cc2)cc1. The summed E-state index contributed by atoms with van der Waals surface area (Å²) in [5.41, 5.74) is 9.96. The molecule has 0 saturated heterocycles. The lowest BCUT2D eigenvalue weighted by atomic mass is 10.00. The van der Waals surface area contributed by atoms with E-state index < -0.39 is 0 Å². The van der Waals surface area contributed by atoms with Crippen LogP contribution in [-0.4, -0.2) is 0 Å². The minimum Gasteiger partial charge on any atom is -0.456 e. The maximum atomic E-state index is 6.19. The highest BCUT2D eigenvalue weighted by molar-refractivity contribution is 6.19. The van der Waals surface area contributed by atoms with E-state index in [-0.39, 0.29) is 0 Å². The van der Waals surface area contributed by atoms with E-state index >= 15 is 0 Å². The molecule has 46 heavy (non-hydrogen) atoms. The van der Waals surface area contributed by atoms with Gasteiger partial charge in [0.05, 0.1) is 0 Å². The molecule has 0 bridgehead atoms. The number of rotatable bonds is 5. The Balaban J connectivity index is 1.16. The van der Waals surface area contributed by atoms with Crippen molar-refractivity contribution in [3.05, 3.63) is 176 Å². The minimum absolute atomic E-state index is 0.916. The Bertz CT molecular complexity index is 2510. The fourth-order valence-electron chi connectivity index (χ4n) is 6.73. The number of fused-ring (bicyclic) bond motifs is 6. The third kappa shape index (κ3) is 4.51. The van der Waals surface area contributed by atoms with Gasteiger partial charge in [-0.1, -0.05) is 121 Å². The first-order chi connectivity index (χ1) is 22.8. The highest BCUT2D eigenvalue weighted by atomic mass is 16.3. The Labute approximate surface area is 267 Å². The molecule has 216 valence electrons. The summed E-state index contributed by atoms with van der Waals surface area (Å²) in [5, 5.41) is 7.18. The molecular weight excluding hydrogens is 558 g/mol. The topological polar surface area (TPSA) is 16.4 Å². The molecule has 1 heterocycles. The van der Waals surface area contributed by atoms with Gasteiger partial charge >= 0.3 is 0 Å². The molecule has 8 aromatic carbocycles. The van der Waals surface area contributed by atoms with Crippen molar-refractivity contribution in [2.45, 2.75) is 0 Å². The molecule has 9 rings (SSSR count). The van der Waals surface area contributed by atoms with Crippen molar-refractivity contribution in [1.29, 1.82) is 0 Å². The summed E-state index contributed by atoms with van der Waals surface area (Å²) in [7, 11) is 0. The van der Waals surface area contributed by atoms with Crippen LogP contribution >= 0.6 is 0 Å². The molecular formula is C44H29NO. The second kappa shape index (κ2) is 10.8. The first-order valence-electron chi connectivity index (χ1n) is 15.7. The van der Waals surface area contributed by atoms with Gasteiger partial charge in [-0.25, -0.2) is 0 Å². The van der Waals surface area contributed by atoms with Crippen LogP contribution in [0.15, 0.2) is 180 Å². The van der Waals surface area contributed by atoms with E-state index in [0.29, 0.717) is 0 Å². The molecule has 0 amide bonds. The Kier molecular flexibility index (Phi) is 6.17. The summed E-state index contributed by atoms with van der Waals surface area (Å²) >= 11 is 0. The molecule has 0 unspecified atom stereocenters. The van der Waals surface area contributed by atoms with E-state index in [1.807, 2.05) is 12.1 Å². The highest BCUT2D eigenvalue weighted by Gasteiger charge is 2.16. The average molecular weight is 588 g/mol. The molecule has 0 aliphatic rings. The second-order valence-electron chi connectivity index (χ2n) is 11.8. The zero-order valence-corrected chi connectivity index (χ0v) is 25.1. The number of furan rings is 1. The van der Waals surface area contributed by atoms with Crippen LogP contribution in [0, 0.1) is 0 Å². The van der Waals surface area contributed by atoms with Gasteiger partial charge in [-0.05, 0) is 98.4 Å². The van der Waals surface area contributed by atoms with E-state index in [4.69, 9.17) is 4.42 Å². The van der Waals surface area contributed by atoms with Crippen LogP contribution in [0.3, 0.4) is 0 Å². The standard InChI is InChI=1S/C44H29NO/c1-2-8-30(9-3-1)32-16-21-37(22-17-32)45(38-23-18-33(19-24-38)35-15-14-31-10-4-5-11-34(31)28-35)39-25-26-40-36(29-39)20-27-43-44(40)41-12-6-7-13-42(41)46-43/h1-29H. The molecule has 0 spiro atoms. The van der Waals surface area contributed by atoms with Crippen LogP contribution in [0.5, 0.6) is 0 Å². The predicted molar refractivity (Wildman–Crippen MR) is 194 cm³/mol. The highest BCUT2D eigenvalue weighted by Crippen LogP contribution is 2.40. The zero-order valence-electron chi connectivity index (χ0n) is 25.1. The Morgan fingerprint density at radius 1 is 0.326 bits per heavy atom. The van der Waals surface area contributed by atoms with Gasteiger partial charge in [0, 0.05) is 27.8 Å². The molecule has 0 aliphatic carbocycles. The lowest BCUT2D eigenvalue weighted by Gasteiger charge is -2.26. The van der Waals surface area contributed by atoms with Gasteiger partial charge in [-0.2, -0.15) is 0 Å². The first kappa shape index (κ1) is 26.3. The number of hydrogen-bond acceptors (Lipinski definition) is 2. The maximum absolute atomic E-state index is 6.19. The Morgan fingerprint density at radius 3 is 1.70 bits per heavy atom. The van der Waals surface area contributed by atoms with E-state index in [1.165, 1.54) is 43.8 Å². The molecule has 1 aromatic heterocycles. The first-order valence-corrected chi connectivity index (χ1v) is 15.7. The van der Waals surface area contributed by atoms with Crippen molar-refractivity contribution in [2.24, 2.45) is 0 Å². The molecule has 0 aliphatic heterocycles. The smallest absolute Gasteiger partial charge is 0.136 e. The number of nitrogens with zero attached hydrogens (tertiary/aromatic N) is 1. The quantitative estimate of drug-likeness (QED) is 0.199. The van der Waals surface area contributed by atoms with Crippen molar-refractivity contribution in [3.8, 4) is 22.3 Å². The molecule has 2 nitrogen and oxygen atoms in total. The summed E-state index contributed by atoms with van der Waals surface area (Å²) < 4.78 is 6.19. The minimum atomic E-state index is 0.916. The lowest BCUT2D eigenvalue weighted by Crippen LogP contribution is -2.09. The van der Waals surface area contributed by atoms with Crippen LogP contribution in [0.4, 0.5) is 17.1 Å². The Hall–Kier alpha value is -6.12. The van der Waals surface area contributed by atoms with Crippen molar-refractivity contribution in [3.63, 3.8) is 0 Å². The maximum Gasteiger partial charge on any atom is 0.136 e.